The summed E-state index contributed by atoms with van der Waals surface area (Å²) >= 11 is 1.37. The fraction of sp³-hybridized carbons (Fsp3) is 0.115. The van der Waals surface area contributed by atoms with Crippen LogP contribution in [0.2, 0.25) is 0 Å². The highest BCUT2D eigenvalue weighted by atomic mass is 32.1. The van der Waals surface area contributed by atoms with E-state index >= 15 is 0 Å². The monoisotopic (exact) mass is 447 g/mol. The predicted octanol–water partition coefficient (Wildman–Crippen LogP) is 6.61. The van der Waals surface area contributed by atoms with Crippen molar-refractivity contribution in [2.24, 2.45) is 0 Å². The lowest BCUT2D eigenvalue weighted by Gasteiger charge is -2.20. The Hall–Kier alpha value is -3.64. The van der Waals surface area contributed by atoms with Crippen LogP contribution < -0.4 is 14.8 Å². The molecule has 4 rings (SSSR count). The molecule has 1 unspecified atom stereocenters. The second-order valence-corrected chi connectivity index (χ2v) is 8.04. The number of ether oxygens (including phenoxy) is 2. The maximum Gasteiger partial charge on any atom is 0.200 e. The largest absolute Gasteiger partial charge is 0.497 e. The molecule has 0 saturated carbocycles. The van der Waals surface area contributed by atoms with Crippen LogP contribution in [0.3, 0.4) is 0 Å². The van der Waals surface area contributed by atoms with Gasteiger partial charge in [-0.15, -0.1) is 11.3 Å². The van der Waals surface area contributed by atoms with Crippen LogP contribution in [0.1, 0.15) is 21.3 Å². The van der Waals surface area contributed by atoms with Crippen LogP contribution in [-0.2, 0) is 0 Å². The quantitative estimate of drug-likeness (QED) is 0.309. The minimum absolute atomic E-state index is 0.0766. The van der Waals surface area contributed by atoms with Crippen LogP contribution in [0, 0.1) is 5.82 Å². The Kier molecular flexibility index (Phi) is 6.52. The van der Waals surface area contributed by atoms with Crippen molar-refractivity contribution in [3.63, 3.8) is 0 Å². The van der Waals surface area contributed by atoms with E-state index in [0.717, 1.165) is 16.7 Å². The SMILES string of the molecule is COc1cc(NC(C(=O)c2sccc2-c2ccc(F)cc2)c2ccccc2)cc(OC)c1. The third-order valence-corrected chi connectivity index (χ3v) is 6.03. The summed E-state index contributed by atoms with van der Waals surface area (Å²) in [5.41, 5.74) is 3.11. The van der Waals surface area contributed by atoms with Crippen molar-refractivity contribution >= 4 is 22.8 Å². The second kappa shape index (κ2) is 9.66. The summed E-state index contributed by atoms with van der Waals surface area (Å²) in [7, 11) is 3.16. The Morgan fingerprint density at radius 1 is 0.906 bits per heavy atom. The summed E-state index contributed by atoms with van der Waals surface area (Å²) in [6.07, 6.45) is 0. The summed E-state index contributed by atoms with van der Waals surface area (Å²) in [6, 6.07) is 22.4. The Morgan fingerprint density at radius 2 is 1.56 bits per heavy atom. The fourth-order valence-electron chi connectivity index (χ4n) is 3.49. The van der Waals surface area contributed by atoms with Gasteiger partial charge in [0.25, 0.3) is 0 Å². The van der Waals surface area contributed by atoms with Crippen molar-refractivity contribution in [3.05, 3.63) is 101 Å². The van der Waals surface area contributed by atoms with Crippen molar-refractivity contribution in [2.45, 2.75) is 6.04 Å². The Balaban J connectivity index is 1.74. The average molecular weight is 448 g/mol. The minimum atomic E-state index is -0.633. The van der Waals surface area contributed by atoms with Crippen LogP contribution in [-0.4, -0.2) is 20.0 Å². The molecule has 0 fully saturated rings. The van der Waals surface area contributed by atoms with Crippen LogP contribution in [0.25, 0.3) is 11.1 Å². The van der Waals surface area contributed by atoms with Crippen LogP contribution in [0.15, 0.2) is 84.2 Å². The summed E-state index contributed by atoms with van der Waals surface area (Å²) in [5.74, 6) is 0.850. The lowest BCUT2D eigenvalue weighted by molar-refractivity contribution is 0.0974. The smallest absolute Gasteiger partial charge is 0.200 e. The molecule has 0 radical (unpaired) electrons. The third-order valence-electron chi connectivity index (χ3n) is 5.10. The normalized spacial score (nSPS) is 11.6. The van der Waals surface area contributed by atoms with Crippen LogP contribution >= 0.6 is 11.3 Å². The predicted molar refractivity (Wildman–Crippen MR) is 126 cm³/mol. The number of hydrogen-bond donors (Lipinski definition) is 1. The van der Waals surface area contributed by atoms with Crippen molar-refractivity contribution in [2.75, 3.05) is 19.5 Å². The van der Waals surface area contributed by atoms with E-state index in [1.807, 2.05) is 53.9 Å². The maximum atomic E-state index is 13.8. The first-order chi connectivity index (χ1) is 15.6. The van der Waals surface area contributed by atoms with Gasteiger partial charge in [-0.2, -0.15) is 0 Å². The van der Waals surface area contributed by atoms with Crippen LogP contribution in [0.5, 0.6) is 11.5 Å². The maximum absolute atomic E-state index is 13.8. The number of benzene rings is 3. The van der Waals surface area contributed by atoms with E-state index in [1.54, 1.807) is 32.4 Å². The zero-order valence-corrected chi connectivity index (χ0v) is 18.5. The molecule has 0 aliphatic carbocycles. The van der Waals surface area contributed by atoms with E-state index in [2.05, 4.69) is 5.32 Å². The van der Waals surface area contributed by atoms with Crippen molar-refractivity contribution in [3.8, 4) is 22.6 Å². The molecule has 1 aromatic heterocycles. The van der Waals surface area contributed by atoms with Gasteiger partial charge in [0.15, 0.2) is 5.78 Å². The average Bonchev–Trinajstić information content (AvgIpc) is 3.33. The number of nitrogens with one attached hydrogen (secondary N) is 1. The van der Waals surface area contributed by atoms with Crippen molar-refractivity contribution < 1.29 is 18.7 Å². The zero-order chi connectivity index (χ0) is 22.5. The van der Waals surface area contributed by atoms with Gasteiger partial charge in [0.2, 0.25) is 0 Å². The first kappa shape index (κ1) is 21.6. The molecule has 0 aliphatic rings. The van der Waals surface area contributed by atoms with E-state index in [9.17, 15) is 9.18 Å². The number of rotatable bonds is 8. The Morgan fingerprint density at radius 3 is 2.19 bits per heavy atom. The molecular weight excluding hydrogens is 425 g/mol. The van der Waals surface area contributed by atoms with Gasteiger partial charge in [-0.1, -0.05) is 42.5 Å². The number of hydrogen-bond acceptors (Lipinski definition) is 5. The number of carbonyl (C=O) groups excluding carboxylic acids is 1. The summed E-state index contributed by atoms with van der Waals surface area (Å²) in [4.78, 5) is 14.4. The minimum Gasteiger partial charge on any atom is -0.497 e. The molecule has 0 saturated heterocycles. The van der Waals surface area contributed by atoms with Gasteiger partial charge in [0, 0.05) is 29.4 Å². The number of halogens is 1. The van der Waals surface area contributed by atoms with Gasteiger partial charge in [-0.3, -0.25) is 4.79 Å². The van der Waals surface area contributed by atoms with Gasteiger partial charge >= 0.3 is 0 Å². The van der Waals surface area contributed by atoms with Gasteiger partial charge in [-0.05, 0) is 34.7 Å². The molecule has 32 heavy (non-hydrogen) atoms. The van der Waals surface area contributed by atoms with Gasteiger partial charge < -0.3 is 14.8 Å². The second-order valence-electron chi connectivity index (χ2n) is 7.12. The number of methoxy groups -OCH3 is 2. The molecule has 4 nitrogen and oxygen atoms in total. The van der Waals surface area contributed by atoms with Gasteiger partial charge in [-0.25, -0.2) is 4.39 Å². The Bertz CT molecular complexity index is 1180. The zero-order valence-electron chi connectivity index (χ0n) is 17.7. The molecule has 0 spiro atoms. The molecule has 1 N–H and O–H groups in total. The van der Waals surface area contributed by atoms with Gasteiger partial charge in [0.1, 0.15) is 23.4 Å². The van der Waals surface area contributed by atoms with Crippen LogP contribution in [0.4, 0.5) is 10.1 Å². The molecular formula is C26H22FNO3S. The molecule has 0 bridgehead atoms. The van der Waals surface area contributed by atoms with E-state index in [0.29, 0.717) is 22.1 Å². The Labute approximate surface area is 190 Å². The number of thiophene rings is 1. The molecule has 162 valence electrons. The number of ketones is 1. The molecule has 0 amide bonds. The highest BCUT2D eigenvalue weighted by molar-refractivity contribution is 7.12. The number of anilines is 1. The highest BCUT2D eigenvalue weighted by Gasteiger charge is 2.26. The molecule has 4 aromatic rings. The topological polar surface area (TPSA) is 47.6 Å². The van der Waals surface area contributed by atoms with E-state index in [-0.39, 0.29) is 11.6 Å². The third kappa shape index (κ3) is 4.65. The summed E-state index contributed by atoms with van der Waals surface area (Å²) < 4.78 is 24.1. The molecule has 1 atom stereocenters. The molecule has 3 aromatic carbocycles. The molecule has 1 heterocycles. The lowest BCUT2D eigenvalue weighted by Crippen LogP contribution is -2.21. The first-order valence-corrected chi connectivity index (χ1v) is 10.9. The summed E-state index contributed by atoms with van der Waals surface area (Å²) in [5, 5.41) is 5.24. The highest BCUT2D eigenvalue weighted by Crippen LogP contribution is 2.35. The first-order valence-electron chi connectivity index (χ1n) is 10.0. The van der Waals surface area contributed by atoms with Crippen molar-refractivity contribution in [1.82, 2.24) is 0 Å². The lowest BCUT2D eigenvalue weighted by atomic mass is 9.97. The number of carbonyl (C=O) groups is 1. The van der Waals surface area contributed by atoms with E-state index in [4.69, 9.17) is 9.47 Å². The number of Topliss-reactive ketones (excluding diaryl/α,β-unsaturated/α-hetero) is 1. The fourth-order valence-corrected chi connectivity index (χ4v) is 4.38. The van der Waals surface area contributed by atoms with E-state index < -0.39 is 6.04 Å². The standard InChI is InChI=1S/C26H22FNO3S/c1-30-21-14-20(15-22(16-21)31-2)28-24(18-6-4-3-5-7-18)25(29)26-23(12-13-32-26)17-8-10-19(27)11-9-17/h3-16,24,28H,1-2H3. The molecule has 6 heteroatoms. The van der Waals surface area contributed by atoms with E-state index in [1.165, 1.54) is 23.5 Å². The molecule has 0 aliphatic heterocycles. The summed E-state index contributed by atoms with van der Waals surface area (Å²) in [6.45, 7) is 0. The van der Waals surface area contributed by atoms with Crippen molar-refractivity contribution in [1.29, 1.82) is 0 Å². The van der Waals surface area contributed by atoms with Gasteiger partial charge in [0.05, 0.1) is 19.1 Å².